The highest BCUT2D eigenvalue weighted by Gasteiger charge is 2.25. The highest BCUT2D eigenvalue weighted by atomic mass is 32.2. The van der Waals surface area contributed by atoms with Crippen LogP contribution in [0, 0.1) is 11.5 Å². The molecule has 1 aliphatic rings. The molecule has 0 saturated carbocycles. The third-order valence-electron chi connectivity index (χ3n) is 2.50. The minimum absolute atomic E-state index is 0.250. The Kier molecular flexibility index (Phi) is 4.31. The summed E-state index contributed by atoms with van der Waals surface area (Å²) >= 11 is 0. The number of amides is 1. The zero-order chi connectivity index (χ0) is 12.8. The Balaban J connectivity index is 1.93. The minimum atomic E-state index is -0.630. The lowest BCUT2D eigenvalue weighted by molar-refractivity contribution is 0.122. The van der Waals surface area contributed by atoms with E-state index in [0.717, 1.165) is 17.7 Å². The van der Waals surface area contributed by atoms with Crippen LogP contribution in [0.2, 0.25) is 0 Å². The molecule has 1 heterocycles. The molecule has 1 saturated heterocycles. The van der Waals surface area contributed by atoms with E-state index in [-0.39, 0.29) is 6.61 Å². The summed E-state index contributed by atoms with van der Waals surface area (Å²) in [6, 6.07) is 9.51. The van der Waals surface area contributed by atoms with Crippen LogP contribution >= 0.6 is 0 Å². The van der Waals surface area contributed by atoms with E-state index in [2.05, 4.69) is 4.36 Å². The number of nitrogens with zero attached hydrogens (tertiary/aromatic N) is 3. The SMILES string of the molecule is N#C/N=S1\CCCN1C(=O)OCc1ccccc1. The predicted octanol–water partition coefficient (Wildman–Crippen LogP) is 2.23. The van der Waals surface area contributed by atoms with Crippen LogP contribution in [0.5, 0.6) is 0 Å². The van der Waals surface area contributed by atoms with E-state index in [9.17, 15) is 4.79 Å². The van der Waals surface area contributed by atoms with Gasteiger partial charge in [-0.1, -0.05) is 30.3 Å². The molecule has 0 bridgehead atoms. The molecule has 2 rings (SSSR count). The Morgan fingerprint density at radius 1 is 1.50 bits per heavy atom. The van der Waals surface area contributed by atoms with E-state index in [1.165, 1.54) is 4.31 Å². The van der Waals surface area contributed by atoms with Gasteiger partial charge in [-0.25, -0.2) is 9.10 Å². The van der Waals surface area contributed by atoms with Gasteiger partial charge in [0.05, 0.1) is 0 Å². The normalized spacial score (nSPS) is 18.6. The van der Waals surface area contributed by atoms with E-state index in [1.807, 2.05) is 30.3 Å². The first kappa shape index (κ1) is 12.6. The quantitative estimate of drug-likeness (QED) is 0.768. The lowest BCUT2D eigenvalue weighted by Crippen LogP contribution is -2.29. The maximum Gasteiger partial charge on any atom is 0.420 e. The summed E-state index contributed by atoms with van der Waals surface area (Å²) in [5, 5.41) is 8.55. The van der Waals surface area contributed by atoms with Crippen LogP contribution in [0.1, 0.15) is 12.0 Å². The third kappa shape index (κ3) is 3.08. The summed E-state index contributed by atoms with van der Waals surface area (Å²) in [5.74, 6) is 0.758. The average molecular weight is 263 g/mol. The molecule has 0 spiro atoms. The van der Waals surface area contributed by atoms with E-state index >= 15 is 0 Å². The zero-order valence-electron chi connectivity index (χ0n) is 9.78. The topological polar surface area (TPSA) is 65.7 Å². The Morgan fingerprint density at radius 3 is 3.00 bits per heavy atom. The monoisotopic (exact) mass is 263 g/mol. The lowest BCUT2D eigenvalue weighted by atomic mass is 10.2. The number of carbonyl (C=O) groups excluding carboxylic acids is 1. The van der Waals surface area contributed by atoms with Crippen molar-refractivity contribution in [3.63, 3.8) is 0 Å². The Labute approximate surface area is 108 Å². The molecule has 0 aromatic heterocycles. The van der Waals surface area contributed by atoms with Gasteiger partial charge in [0.15, 0.2) is 0 Å². The van der Waals surface area contributed by atoms with Crippen LogP contribution in [-0.2, 0) is 22.2 Å². The lowest BCUT2D eigenvalue weighted by Gasteiger charge is -2.16. The maximum absolute atomic E-state index is 11.8. The van der Waals surface area contributed by atoms with Crippen molar-refractivity contribution in [1.29, 1.82) is 5.26 Å². The van der Waals surface area contributed by atoms with E-state index in [4.69, 9.17) is 10.00 Å². The van der Waals surface area contributed by atoms with Crippen LogP contribution in [0.3, 0.4) is 0 Å². The molecule has 0 N–H and O–H groups in total. The van der Waals surface area contributed by atoms with Crippen molar-refractivity contribution in [3.8, 4) is 6.19 Å². The standard InChI is InChI=1S/C12H13N3O2S/c13-10-14-18-8-4-7-15(18)12(16)17-9-11-5-2-1-3-6-11/h1-3,5-6H,4,7-9H2. The maximum atomic E-state index is 11.8. The number of hydrogen-bond donors (Lipinski definition) is 0. The van der Waals surface area contributed by atoms with Crippen LogP contribution in [-0.4, -0.2) is 22.7 Å². The molecule has 18 heavy (non-hydrogen) atoms. The second-order valence-electron chi connectivity index (χ2n) is 3.73. The molecule has 1 aromatic rings. The molecule has 0 aliphatic carbocycles. The molecular weight excluding hydrogens is 250 g/mol. The number of carbonyl (C=O) groups is 1. The van der Waals surface area contributed by atoms with Crippen LogP contribution in [0.4, 0.5) is 4.79 Å². The van der Waals surface area contributed by atoms with Gasteiger partial charge < -0.3 is 4.74 Å². The molecule has 1 atom stereocenters. The predicted molar refractivity (Wildman–Crippen MR) is 68.2 cm³/mol. The van der Waals surface area contributed by atoms with Crippen molar-refractivity contribution < 1.29 is 9.53 Å². The summed E-state index contributed by atoms with van der Waals surface area (Å²) < 4.78 is 10.5. The summed E-state index contributed by atoms with van der Waals surface area (Å²) in [6.45, 7) is 0.863. The summed E-state index contributed by atoms with van der Waals surface area (Å²) in [6.07, 6.45) is 2.24. The van der Waals surface area contributed by atoms with Gasteiger partial charge in [-0.05, 0) is 12.0 Å². The van der Waals surface area contributed by atoms with Crippen molar-refractivity contribution in [2.75, 3.05) is 12.3 Å². The van der Waals surface area contributed by atoms with Gasteiger partial charge in [-0.2, -0.15) is 5.26 Å². The molecule has 6 heteroatoms. The smallest absolute Gasteiger partial charge is 0.420 e. The van der Waals surface area contributed by atoms with Crippen LogP contribution in [0.15, 0.2) is 34.7 Å². The Hall–Kier alpha value is -1.87. The van der Waals surface area contributed by atoms with Gasteiger partial charge in [-0.15, -0.1) is 4.36 Å². The van der Waals surface area contributed by atoms with Gasteiger partial charge in [0.2, 0.25) is 6.19 Å². The van der Waals surface area contributed by atoms with Gasteiger partial charge in [0.1, 0.15) is 6.61 Å². The molecule has 1 aromatic carbocycles. The van der Waals surface area contributed by atoms with Gasteiger partial charge >= 0.3 is 6.09 Å². The average Bonchev–Trinajstić information content (AvgIpc) is 2.86. The second kappa shape index (κ2) is 6.17. The number of hydrogen-bond acceptors (Lipinski definition) is 4. The fourth-order valence-electron chi connectivity index (χ4n) is 1.66. The highest BCUT2D eigenvalue weighted by molar-refractivity contribution is 7.85. The first-order chi connectivity index (χ1) is 8.81. The largest absolute Gasteiger partial charge is 0.444 e. The fourth-order valence-corrected chi connectivity index (χ4v) is 3.12. The van der Waals surface area contributed by atoms with Crippen LogP contribution in [0.25, 0.3) is 0 Å². The van der Waals surface area contributed by atoms with Crippen molar-refractivity contribution in [3.05, 3.63) is 35.9 Å². The van der Waals surface area contributed by atoms with Crippen molar-refractivity contribution >= 4 is 17.0 Å². The molecule has 0 radical (unpaired) electrons. The summed E-state index contributed by atoms with van der Waals surface area (Å²) in [5.41, 5.74) is 0.946. The fraction of sp³-hybridized carbons (Fsp3) is 0.333. The van der Waals surface area contributed by atoms with Gasteiger partial charge in [0, 0.05) is 23.2 Å². The number of rotatable bonds is 2. The number of ether oxygens (including phenoxy) is 1. The molecule has 1 amide bonds. The first-order valence-electron chi connectivity index (χ1n) is 5.60. The number of benzene rings is 1. The van der Waals surface area contributed by atoms with Crippen molar-refractivity contribution in [1.82, 2.24) is 4.31 Å². The zero-order valence-corrected chi connectivity index (χ0v) is 10.6. The van der Waals surface area contributed by atoms with E-state index < -0.39 is 17.0 Å². The van der Waals surface area contributed by atoms with Crippen LogP contribution < -0.4 is 0 Å². The Bertz CT molecular complexity index is 496. The van der Waals surface area contributed by atoms with Gasteiger partial charge in [0.25, 0.3) is 0 Å². The third-order valence-corrected chi connectivity index (χ3v) is 4.28. The first-order valence-corrected chi connectivity index (χ1v) is 6.91. The van der Waals surface area contributed by atoms with Crippen molar-refractivity contribution in [2.45, 2.75) is 13.0 Å². The molecule has 5 nitrogen and oxygen atoms in total. The van der Waals surface area contributed by atoms with Gasteiger partial charge in [-0.3, -0.25) is 0 Å². The van der Waals surface area contributed by atoms with E-state index in [0.29, 0.717) is 6.54 Å². The molecule has 94 valence electrons. The molecular formula is C12H13N3O2S. The summed E-state index contributed by atoms with van der Waals surface area (Å²) in [7, 11) is -0.630. The molecule has 1 aliphatic heterocycles. The van der Waals surface area contributed by atoms with E-state index in [1.54, 1.807) is 6.19 Å². The highest BCUT2D eigenvalue weighted by Crippen LogP contribution is 2.14. The minimum Gasteiger partial charge on any atom is -0.444 e. The molecule has 1 fully saturated rings. The second-order valence-corrected chi connectivity index (χ2v) is 5.44. The molecule has 1 unspecified atom stereocenters. The Morgan fingerprint density at radius 2 is 2.28 bits per heavy atom. The number of nitriles is 1. The van der Waals surface area contributed by atoms with Crippen molar-refractivity contribution in [2.24, 2.45) is 4.36 Å². The summed E-state index contributed by atoms with van der Waals surface area (Å²) in [4.78, 5) is 11.8.